The number of halogens is 1. The van der Waals surface area contributed by atoms with E-state index in [2.05, 4.69) is 19.2 Å². The van der Waals surface area contributed by atoms with Crippen LogP contribution in [0.5, 0.6) is 0 Å². The van der Waals surface area contributed by atoms with Gasteiger partial charge >= 0.3 is 0 Å². The van der Waals surface area contributed by atoms with E-state index in [1.807, 2.05) is 0 Å². The van der Waals surface area contributed by atoms with E-state index in [0.29, 0.717) is 31.1 Å². The van der Waals surface area contributed by atoms with Crippen molar-refractivity contribution < 1.29 is 13.9 Å². The first-order valence-electron chi connectivity index (χ1n) is 7.41. The topological polar surface area (TPSA) is 64.3 Å². The van der Waals surface area contributed by atoms with Gasteiger partial charge in [0, 0.05) is 19.6 Å². The summed E-state index contributed by atoms with van der Waals surface area (Å²) in [7, 11) is 0. The zero-order valence-electron chi connectivity index (χ0n) is 12.8. The minimum atomic E-state index is -0.416. The molecule has 0 fully saturated rings. The number of anilines is 2. The molecule has 1 aromatic carbocycles. The SMILES string of the molecule is CC(C)CCCOCCCC(=O)Nc1ccc(F)cc1N. The second-order valence-corrected chi connectivity index (χ2v) is 5.53. The van der Waals surface area contributed by atoms with Crippen LogP contribution in [0.1, 0.15) is 39.5 Å². The molecule has 0 radical (unpaired) electrons. The number of hydrogen-bond acceptors (Lipinski definition) is 3. The van der Waals surface area contributed by atoms with Crippen molar-refractivity contribution in [3.63, 3.8) is 0 Å². The lowest BCUT2D eigenvalue weighted by Gasteiger charge is -2.09. The van der Waals surface area contributed by atoms with Crippen molar-refractivity contribution in [2.75, 3.05) is 24.3 Å². The molecular formula is C16H25FN2O2. The molecular weight excluding hydrogens is 271 g/mol. The van der Waals surface area contributed by atoms with Crippen molar-refractivity contribution in [2.24, 2.45) is 5.92 Å². The first-order valence-corrected chi connectivity index (χ1v) is 7.41. The quantitative estimate of drug-likeness (QED) is 0.541. The molecule has 1 rings (SSSR count). The number of nitrogen functional groups attached to an aromatic ring is 1. The van der Waals surface area contributed by atoms with E-state index in [9.17, 15) is 9.18 Å². The maximum Gasteiger partial charge on any atom is 0.224 e. The van der Waals surface area contributed by atoms with Gasteiger partial charge in [-0.15, -0.1) is 0 Å². The van der Waals surface area contributed by atoms with E-state index in [-0.39, 0.29) is 11.6 Å². The maximum atomic E-state index is 12.9. The smallest absolute Gasteiger partial charge is 0.224 e. The Labute approximate surface area is 125 Å². The number of carbonyl (C=O) groups excluding carboxylic acids is 1. The molecule has 118 valence electrons. The normalized spacial score (nSPS) is 10.9. The Morgan fingerprint density at radius 2 is 2.05 bits per heavy atom. The van der Waals surface area contributed by atoms with Gasteiger partial charge in [0.15, 0.2) is 0 Å². The van der Waals surface area contributed by atoms with Crippen LogP contribution in [0.4, 0.5) is 15.8 Å². The minimum absolute atomic E-state index is 0.140. The second-order valence-electron chi connectivity index (χ2n) is 5.53. The van der Waals surface area contributed by atoms with Gasteiger partial charge in [-0.2, -0.15) is 0 Å². The van der Waals surface area contributed by atoms with Crippen molar-refractivity contribution in [2.45, 2.75) is 39.5 Å². The third kappa shape index (κ3) is 7.66. The molecule has 21 heavy (non-hydrogen) atoms. The van der Waals surface area contributed by atoms with Gasteiger partial charge in [-0.3, -0.25) is 4.79 Å². The number of hydrogen-bond donors (Lipinski definition) is 2. The Morgan fingerprint density at radius 1 is 1.33 bits per heavy atom. The lowest BCUT2D eigenvalue weighted by atomic mass is 10.1. The van der Waals surface area contributed by atoms with E-state index < -0.39 is 5.82 Å². The van der Waals surface area contributed by atoms with Gasteiger partial charge < -0.3 is 15.8 Å². The van der Waals surface area contributed by atoms with Gasteiger partial charge in [0.25, 0.3) is 0 Å². The molecule has 0 aliphatic carbocycles. The van der Waals surface area contributed by atoms with Gasteiger partial charge in [0.1, 0.15) is 5.82 Å². The molecule has 0 spiro atoms. The van der Waals surface area contributed by atoms with Crippen LogP contribution in [0.15, 0.2) is 18.2 Å². The van der Waals surface area contributed by atoms with Gasteiger partial charge in [-0.1, -0.05) is 13.8 Å². The largest absolute Gasteiger partial charge is 0.397 e. The number of rotatable bonds is 9. The fraction of sp³-hybridized carbons (Fsp3) is 0.562. The summed E-state index contributed by atoms with van der Waals surface area (Å²) < 4.78 is 18.3. The average molecular weight is 296 g/mol. The molecule has 4 nitrogen and oxygen atoms in total. The highest BCUT2D eigenvalue weighted by Gasteiger charge is 2.06. The summed E-state index contributed by atoms with van der Waals surface area (Å²) in [5.41, 5.74) is 6.30. The number of benzene rings is 1. The van der Waals surface area contributed by atoms with E-state index in [0.717, 1.165) is 19.4 Å². The minimum Gasteiger partial charge on any atom is -0.397 e. The molecule has 1 amide bonds. The zero-order chi connectivity index (χ0) is 15.7. The zero-order valence-corrected chi connectivity index (χ0v) is 12.8. The fourth-order valence-electron chi connectivity index (χ4n) is 1.89. The van der Waals surface area contributed by atoms with Crippen molar-refractivity contribution in [3.05, 3.63) is 24.0 Å². The monoisotopic (exact) mass is 296 g/mol. The Hall–Kier alpha value is -1.62. The lowest BCUT2D eigenvalue weighted by Crippen LogP contribution is -2.13. The molecule has 0 atom stereocenters. The second kappa shape index (κ2) is 9.34. The molecule has 0 saturated heterocycles. The van der Waals surface area contributed by atoms with Crippen LogP contribution >= 0.6 is 0 Å². The number of nitrogens with two attached hydrogens (primary N) is 1. The Kier molecular flexibility index (Phi) is 7.75. The Balaban J connectivity index is 2.14. The summed E-state index contributed by atoms with van der Waals surface area (Å²) in [6.45, 7) is 5.69. The number of nitrogens with one attached hydrogen (secondary N) is 1. The number of amides is 1. The number of ether oxygens (including phenoxy) is 1. The first kappa shape index (κ1) is 17.4. The Bertz CT molecular complexity index is 450. The summed E-state index contributed by atoms with van der Waals surface area (Å²) in [6.07, 6.45) is 3.23. The van der Waals surface area contributed by atoms with Gasteiger partial charge in [-0.25, -0.2) is 4.39 Å². The summed E-state index contributed by atoms with van der Waals surface area (Å²) >= 11 is 0. The molecule has 5 heteroatoms. The molecule has 1 aromatic rings. The van der Waals surface area contributed by atoms with Crippen LogP contribution in [-0.2, 0) is 9.53 Å². The van der Waals surface area contributed by atoms with Crippen LogP contribution in [0.2, 0.25) is 0 Å². The standard InChI is InChI=1S/C16H25FN2O2/c1-12(2)5-3-9-21-10-4-6-16(20)19-15-8-7-13(17)11-14(15)18/h7-8,11-12H,3-6,9-10,18H2,1-2H3,(H,19,20). The molecule has 0 heterocycles. The molecule has 0 bridgehead atoms. The first-order chi connectivity index (χ1) is 9.99. The van der Waals surface area contributed by atoms with Crippen molar-refractivity contribution in [1.82, 2.24) is 0 Å². The lowest BCUT2D eigenvalue weighted by molar-refractivity contribution is -0.116. The predicted molar refractivity (Wildman–Crippen MR) is 83.6 cm³/mol. The van der Waals surface area contributed by atoms with Crippen molar-refractivity contribution >= 4 is 17.3 Å². The van der Waals surface area contributed by atoms with Crippen LogP contribution in [0.25, 0.3) is 0 Å². The maximum absolute atomic E-state index is 12.9. The summed E-state index contributed by atoms with van der Waals surface area (Å²) in [5, 5.41) is 2.67. The molecule has 0 aromatic heterocycles. The third-order valence-electron chi connectivity index (χ3n) is 3.05. The molecule has 0 aliphatic heterocycles. The molecule has 0 unspecified atom stereocenters. The van der Waals surface area contributed by atoms with Crippen LogP contribution in [0, 0.1) is 11.7 Å². The fourth-order valence-corrected chi connectivity index (χ4v) is 1.89. The summed E-state index contributed by atoms with van der Waals surface area (Å²) in [6, 6.07) is 3.92. The Morgan fingerprint density at radius 3 is 2.71 bits per heavy atom. The van der Waals surface area contributed by atoms with E-state index >= 15 is 0 Å². The summed E-state index contributed by atoms with van der Waals surface area (Å²) in [4.78, 5) is 11.7. The molecule has 0 saturated carbocycles. The highest BCUT2D eigenvalue weighted by molar-refractivity contribution is 5.93. The number of carbonyl (C=O) groups is 1. The van der Waals surface area contributed by atoms with E-state index in [4.69, 9.17) is 10.5 Å². The third-order valence-corrected chi connectivity index (χ3v) is 3.05. The van der Waals surface area contributed by atoms with E-state index in [1.165, 1.54) is 18.2 Å². The van der Waals surface area contributed by atoms with Gasteiger partial charge in [0.2, 0.25) is 5.91 Å². The van der Waals surface area contributed by atoms with Crippen LogP contribution in [0.3, 0.4) is 0 Å². The molecule has 3 N–H and O–H groups in total. The van der Waals surface area contributed by atoms with Crippen LogP contribution < -0.4 is 11.1 Å². The van der Waals surface area contributed by atoms with Crippen LogP contribution in [-0.4, -0.2) is 19.1 Å². The van der Waals surface area contributed by atoms with Crippen molar-refractivity contribution in [1.29, 1.82) is 0 Å². The molecule has 0 aliphatic rings. The highest BCUT2D eigenvalue weighted by atomic mass is 19.1. The highest BCUT2D eigenvalue weighted by Crippen LogP contribution is 2.19. The van der Waals surface area contributed by atoms with Crippen molar-refractivity contribution in [3.8, 4) is 0 Å². The average Bonchev–Trinajstić information content (AvgIpc) is 2.40. The van der Waals surface area contributed by atoms with Gasteiger partial charge in [-0.05, 0) is 43.4 Å². The predicted octanol–water partition coefficient (Wildman–Crippen LogP) is 3.58. The van der Waals surface area contributed by atoms with Gasteiger partial charge in [0.05, 0.1) is 11.4 Å². The van der Waals surface area contributed by atoms with E-state index in [1.54, 1.807) is 0 Å². The summed E-state index contributed by atoms with van der Waals surface area (Å²) in [5.74, 6) is 0.139.